The van der Waals surface area contributed by atoms with Crippen LogP contribution < -0.4 is 5.73 Å². The average molecular weight is 232 g/mol. The molecule has 1 aliphatic carbocycles. The Morgan fingerprint density at radius 3 is 2.80 bits per heavy atom. The second-order valence-electron chi connectivity index (χ2n) is 3.48. The normalized spacial score (nSPS) is 18.1. The minimum atomic E-state index is -1.23. The van der Waals surface area contributed by atoms with Crippen LogP contribution in [0.1, 0.15) is 33.9 Å². The van der Waals surface area contributed by atoms with Crippen molar-refractivity contribution in [3.05, 3.63) is 34.6 Å². The molecule has 0 aliphatic heterocycles. The maximum atomic E-state index is 13.2. The summed E-state index contributed by atoms with van der Waals surface area (Å²) >= 11 is 0. The lowest BCUT2D eigenvalue weighted by molar-refractivity contribution is 0.0692. The Balaban J connectivity index is 0.00000112. The number of benzene rings is 1. The number of hydrogen-bond acceptors (Lipinski definition) is 2. The molecule has 3 N–H and O–H groups in total. The third-order valence-electron chi connectivity index (χ3n) is 2.58. The first-order chi connectivity index (χ1) is 6.59. The van der Waals surface area contributed by atoms with Gasteiger partial charge in [0.1, 0.15) is 5.82 Å². The molecule has 82 valence electrons. The van der Waals surface area contributed by atoms with E-state index in [1.165, 1.54) is 12.1 Å². The molecule has 0 aromatic heterocycles. The first-order valence-electron chi connectivity index (χ1n) is 4.41. The van der Waals surface area contributed by atoms with Gasteiger partial charge < -0.3 is 10.8 Å². The second kappa shape index (κ2) is 4.16. The van der Waals surface area contributed by atoms with E-state index >= 15 is 0 Å². The third-order valence-corrected chi connectivity index (χ3v) is 2.58. The molecule has 0 radical (unpaired) electrons. The molecule has 1 atom stereocenters. The van der Waals surface area contributed by atoms with E-state index in [-0.39, 0.29) is 24.0 Å². The standard InChI is InChI=1S/C10H10FNO2.ClH/c11-8-4-6-5(1-2-9(6)12)3-7(8)10(13)14;/h3-4,9H,1-2,12H2,(H,13,14);1H. The SMILES string of the molecule is Cl.NC1CCc2cc(C(=O)O)c(F)cc21. The molecule has 5 heteroatoms. The summed E-state index contributed by atoms with van der Waals surface area (Å²) in [6.07, 6.45) is 1.49. The highest BCUT2D eigenvalue weighted by Crippen LogP contribution is 2.31. The number of carboxylic acid groups (broad SMARTS) is 1. The van der Waals surface area contributed by atoms with Crippen molar-refractivity contribution in [3.8, 4) is 0 Å². The molecule has 1 aromatic rings. The van der Waals surface area contributed by atoms with Crippen molar-refractivity contribution >= 4 is 18.4 Å². The van der Waals surface area contributed by atoms with Gasteiger partial charge in [-0.3, -0.25) is 0 Å². The summed E-state index contributed by atoms with van der Waals surface area (Å²) in [5.41, 5.74) is 7.06. The monoisotopic (exact) mass is 231 g/mol. The van der Waals surface area contributed by atoms with Crippen LogP contribution in [0.2, 0.25) is 0 Å². The number of halogens is 2. The Morgan fingerprint density at radius 1 is 1.53 bits per heavy atom. The molecule has 0 saturated heterocycles. The molecule has 0 saturated carbocycles. The fraction of sp³-hybridized carbons (Fsp3) is 0.300. The number of fused-ring (bicyclic) bond motifs is 1. The summed E-state index contributed by atoms with van der Waals surface area (Å²) in [7, 11) is 0. The Bertz CT molecular complexity index is 409. The van der Waals surface area contributed by atoms with Gasteiger partial charge in [-0.1, -0.05) is 0 Å². The molecule has 15 heavy (non-hydrogen) atoms. The second-order valence-corrected chi connectivity index (χ2v) is 3.48. The van der Waals surface area contributed by atoms with E-state index in [9.17, 15) is 9.18 Å². The van der Waals surface area contributed by atoms with E-state index in [0.717, 1.165) is 24.0 Å². The smallest absolute Gasteiger partial charge is 0.338 e. The number of nitrogens with two attached hydrogens (primary N) is 1. The van der Waals surface area contributed by atoms with E-state index in [1.807, 2.05) is 0 Å². The van der Waals surface area contributed by atoms with Crippen molar-refractivity contribution in [2.45, 2.75) is 18.9 Å². The third kappa shape index (κ3) is 1.96. The zero-order chi connectivity index (χ0) is 10.3. The van der Waals surface area contributed by atoms with E-state index in [4.69, 9.17) is 10.8 Å². The summed E-state index contributed by atoms with van der Waals surface area (Å²) in [6, 6.07) is 2.48. The maximum absolute atomic E-state index is 13.2. The van der Waals surface area contributed by atoms with Gasteiger partial charge in [-0.2, -0.15) is 0 Å². The van der Waals surface area contributed by atoms with Gasteiger partial charge in [-0.05, 0) is 36.1 Å². The predicted molar refractivity (Wildman–Crippen MR) is 55.9 cm³/mol. The summed E-state index contributed by atoms with van der Waals surface area (Å²) in [5, 5.41) is 8.69. The summed E-state index contributed by atoms with van der Waals surface area (Å²) in [5.74, 6) is -1.93. The molecule has 0 amide bonds. The van der Waals surface area contributed by atoms with Crippen molar-refractivity contribution in [3.63, 3.8) is 0 Å². The topological polar surface area (TPSA) is 63.3 Å². The van der Waals surface area contributed by atoms with Crippen molar-refractivity contribution in [2.24, 2.45) is 5.73 Å². The molecule has 2 rings (SSSR count). The Kier molecular flexibility index (Phi) is 3.31. The number of carbonyl (C=O) groups is 1. The molecular weight excluding hydrogens is 221 g/mol. The lowest BCUT2D eigenvalue weighted by atomic mass is 10.0. The molecule has 0 bridgehead atoms. The van der Waals surface area contributed by atoms with Gasteiger partial charge in [-0.25, -0.2) is 9.18 Å². The number of rotatable bonds is 1. The zero-order valence-electron chi connectivity index (χ0n) is 7.87. The Hall–Kier alpha value is -1.13. The van der Waals surface area contributed by atoms with Gasteiger partial charge in [-0.15, -0.1) is 12.4 Å². The Labute approximate surface area is 92.5 Å². The minimum absolute atomic E-state index is 0. The van der Waals surface area contributed by atoms with Gasteiger partial charge in [0.2, 0.25) is 0 Å². The molecule has 1 unspecified atom stereocenters. The van der Waals surface area contributed by atoms with Gasteiger partial charge in [0.05, 0.1) is 5.56 Å². The maximum Gasteiger partial charge on any atom is 0.338 e. The zero-order valence-corrected chi connectivity index (χ0v) is 8.68. The molecule has 0 heterocycles. The van der Waals surface area contributed by atoms with Gasteiger partial charge in [0.25, 0.3) is 0 Å². The summed E-state index contributed by atoms with van der Waals surface area (Å²) in [4.78, 5) is 10.6. The van der Waals surface area contributed by atoms with Crippen LogP contribution in [0.3, 0.4) is 0 Å². The number of aromatic carboxylic acids is 1. The fourth-order valence-corrected chi connectivity index (χ4v) is 1.83. The quantitative estimate of drug-likeness (QED) is 0.776. The van der Waals surface area contributed by atoms with E-state index in [1.54, 1.807) is 0 Å². The van der Waals surface area contributed by atoms with E-state index < -0.39 is 11.8 Å². The predicted octanol–water partition coefficient (Wildman–Crippen LogP) is 1.89. The average Bonchev–Trinajstić information content (AvgIpc) is 2.46. The van der Waals surface area contributed by atoms with Crippen LogP contribution in [-0.2, 0) is 6.42 Å². The molecule has 3 nitrogen and oxygen atoms in total. The van der Waals surface area contributed by atoms with E-state index in [0.29, 0.717) is 0 Å². The fourth-order valence-electron chi connectivity index (χ4n) is 1.83. The molecule has 1 aromatic carbocycles. The van der Waals surface area contributed by atoms with E-state index in [2.05, 4.69) is 0 Å². The minimum Gasteiger partial charge on any atom is -0.478 e. The summed E-state index contributed by atoms with van der Waals surface area (Å²) < 4.78 is 13.2. The number of hydrogen-bond donors (Lipinski definition) is 2. The van der Waals surface area contributed by atoms with Crippen LogP contribution >= 0.6 is 12.4 Å². The van der Waals surface area contributed by atoms with Crippen LogP contribution in [-0.4, -0.2) is 11.1 Å². The van der Waals surface area contributed by atoms with Crippen LogP contribution in [0.25, 0.3) is 0 Å². The lowest BCUT2D eigenvalue weighted by Gasteiger charge is -2.06. The van der Waals surface area contributed by atoms with Crippen molar-refractivity contribution in [2.75, 3.05) is 0 Å². The van der Waals surface area contributed by atoms with Crippen molar-refractivity contribution < 1.29 is 14.3 Å². The van der Waals surface area contributed by atoms with Crippen LogP contribution in [0.4, 0.5) is 4.39 Å². The van der Waals surface area contributed by atoms with Crippen molar-refractivity contribution in [1.82, 2.24) is 0 Å². The molecular formula is C10H11ClFNO2. The number of aryl methyl sites for hydroxylation is 1. The van der Waals surface area contributed by atoms with Gasteiger partial charge >= 0.3 is 5.97 Å². The van der Waals surface area contributed by atoms with Crippen LogP contribution in [0.15, 0.2) is 12.1 Å². The largest absolute Gasteiger partial charge is 0.478 e. The first-order valence-corrected chi connectivity index (χ1v) is 4.41. The van der Waals surface area contributed by atoms with Gasteiger partial charge in [0.15, 0.2) is 0 Å². The lowest BCUT2D eigenvalue weighted by Crippen LogP contribution is -2.07. The van der Waals surface area contributed by atoms with Gasteiger partial charge in [0, 0.05) is 6.04 Å². The number of carboxylic acids is 1. The first kappa shape index (κ1) is 11.9. The van der Waals surface area contributed by atoms with Crippen LogP contribution in [0, 0.1) is 5.82 Å². The molecule has 1 aliphatic rings. The molecule has 0 spiro atoms. The molecule has 0 fully saturated rings. The highest BCUT2D eigenvalue weighted by Gasteiger charge is 2.23. The highest BCUT2D eigenvalue weighted by molar-refractivity contribution is 5.88. The van der Waals surface area contributed by atoms with Crippen molar-refractivity contribution in [1.29, 1.82) is 0 Å². The summed E-state index contributed by atoms with van der Waals surface area (Å²) in [6.45, 7) is 0. The van der Waals surface area contributed by atoms with Crippen LogP contribution in [0.5, 0.6) is 0 Å². The Morgan fingerprint density at radius 2 is 2.20 bits per heavy atom. The highest BCUT2D eigenvalue weighted by atomic mass is 35.5.